The van der Waals surface area contributed by atoms with E-state index >= 15 is 0 Å². The number of carbonyl (C=O) groups is 1. The van der Waals surface area contributed by atoms with Crippen molar-refractivity contribution in [1.82, 2.24) is 19.9 Å². The average molecular weight is 369 g/mol. The van der Waals surface area contributed by atoms with Gasteiger partial charge in [0.15, 0.2) is 5.69 Å². The molecular formula is C20H27N5O2. The highest BCUT2D eigenvalue weighted by Gasteiger charge is 2.43. The Morgan fingerprint density at radius 2 is 1.96 bits per heavy atom. The fourth-order valence-corrected chi connectivity index (χ4v) is 4.33. The van der Waals surface area contributed by atoms with Gasteiger partial charge in [-0.15, -0.1) is 5.10 Å². The molecule has 3 unspecified atom stereocenters. The molecule has 1 aromatic heterocycles. The number of hydrogen-bond donors (Lipinski definition) is 1. The average Bonchev–Trinajstić information content (AvgIpc) is 3.31. The van der Waals surface area contributed by atoms with E-state index in [4.69, 9.17) is 10.5 Å². The van der Waals surface area contributed by atoms with Crippen molar-refractivity contribution in [1.29, 1.82) is 0 Å². The second-order valence-corrected chi connectivity index (χ2v) is 7.97. The first kappa shape index (κ1) is 18.0. The molecule has 0 radical (unpaired) electrons. The highest BCUT2D eigenvalue weighted by molar-refractivity contribution is 5.93. The molecule has 1 amide bonds. The molecule has 1 saturated heterocycles. The topological polar surface area (TPSA) is 86.3 Å². The molecule has 0 bridgehead atoms. The molecule has 7 nitrogen and oxygen atoms in total. The lowest BCUT2D eigenvalue weighted by molar-refractivity contribution is 0.0773. The molecule has 2 fully saturated rings. The number of fused-ring (bicyclic) bond motifs is 1. The van der Waals surface area contributed by atoms with Gasteiger partial charge in [0.25, 0.3) is 5.91 Å². The van der Waals surface area contributed by atoms with Crippen molar-refractivity contribution in [2.75, 3.05) is 13.1 Å². The minimum absolute atomic E-state index is 0.0416. The lowest BCUT2D eigenvalue weighted by atomic mass is 9.98. The summed E-state index contributed by atoms with van der Waals surface area (Å²) in [5.74, 6) is 1.73. The van der Waals surface area contributed by atoms with Gasteiger partial charge < -0.3 is 15.4 Å². The molecule has 7 heteroatoms. The second kappa shape index (κ2) is 6.96. The molecule has 4 rings (SSSR count). The first-order valence-corrected chi connectivity index (χ1v) is 9.68. The van der Waals surface area contributed by atoms with E-state index in [2.05, 4.69) is 10.3 Å². The Kier molecular flexibility index (Phi) is 4.63. The Bertz CT molecular complexity index is 829. The van der Waals surface area contributed by atoms with Crippen LogP contribution in [0.1, 0.15) is 42.9 Å². The molecule has 3 atom stereocenters. The van der Waals surface area contributed by atoms with Gasteiger partial charge in [-0.3, -0.25) is 4.79 Å². The molecule has 0 spiro atoms. The first-order valence-electron chi connectivity index (χ1n) is 9.68. The number of ether oxygens (including phenoxy) is 1. The molecule has 2 aromatic rings. The largest absolute Gasteiger partial charge is 0.491 e. The van der Waals surface area contributed by atoms with Gasteiger partial charge in [0.05, 0.1) is 17.5 Å². The smallest absolute Gasteiger partial charge is 0.276 e. The maximum Gasteiger partial charge on any atom is 0.276 e. The van der Waals surface area contributed by atoms with Crippen molar-refractivity contribution in [3.8, 4) is 11.4 Å². The van der Waals surface area contributed by atoms with Crippen LogP contribution in [0.5, 0.6) is 5.75 Å². The Hall–Kier alpha value is -2.41. The van der Waals surface area contributed by atoms with E-state index in [1.165, 1.54) is 0 Å². The zero-order valence-corrected chi connectivity index (χ0v) is 16.1. The SMILES string of the molecule is Cc1c(C(=O)N2CC3CCC(N)C3C2)nnn1-c1ccc(OC(C)C)cc1. The third-order valence-corrected chi connectivity index (χ3v) is 5.75. The number of likely N-dealkylation sites (tertiary alicyclic amines) is 1. The summed E-state index contributed by atoms with van der Waals surface area (Å²) in [5.41, 5.74) is 8.22. The summed E-state index contributed by atoms with van der Waals surface area (Å²) in [7, 11) is 0. The van der Waals surface area contributed by atoms with Crippen LogP contribution in [0.4, 0.5) is 0 Å². The Morgan fingerprint density at radius 3 is 2.63 bits per heavy atom. The van der Waals surface area contributed by atoms with Crippen molar-refractivity contribution < 1.29 is 9.53 Å². The summed E-state index contributed by atoms with van der Waals surface area (Å²) in [6.45, 7) is 7.39. The molecule has 2 N–H and O–H groups in total. The maximum atomic E-state index is 13.0. The van der Waals surface area contributed by atoms with E-state index in [1.807, 2.05) is 49.9 Å². The lowest BCUT2D eigenvalue weighted by Gasteiger charge is -2.17. The predicted octanol–water partition coefficient (Wildman–Crippen LogP) is 2.17. The molecule has 2 aliphatic rings. The molecule has 1 aliphatic heterocycles. The Labute approximate surface area is 159 Å². The van der Waals surface area contributed by atoms with Crippen LogP contribution in [0.3, 0.4) is 0 Å². The minimum Gasteiger partial charge on any atom is -0.491 e. The van der Waals surface area contributed by atoms with E-state index in [0.717, 1.165) is 43.1 Å². The van der Waals surface area contributed by atoms with Gasteiger partial charge in [0.1, 0.15) is 5.75 Å². The molecule has 2 heterocycles. The van der Waals surface area contributed by atoms with Crippen molar-refractivity contribution in [3.05, 3.63) is 35.7 Å². The third-order valence-electron chi connectivity index (χ3n) is 5.75. The van der Waals surface area contributed by atoms with E-state index in [0.29, 0.717) is 17.5 Å². The van der Waals surface area contributed by atoms with E-state index in [9.17, 15) is 4.79 Å². The monoisotopic (exact) mass is 369 g/mol. The van der Waals surface area contributed by atoms with Crippen LogP contribution >= 0.6 is 0 Å². The molecule has 144 valence electrons. The van der Waals surface area contributed by atoms with Gasteiger partial charge in [-0.2, -0.15) is 0 Å². The number of amides is 1. The number of carbonyl (C=O) groups excluding carboxylic acids is 1. The highest BCUT2D eigenvalue weighted by atomic mass is 16.5. The van der Waals surface area contributed by atoms with Crippen LogP contribution in [-0.2, 0) is 0 Å². The summed E-state index contributed by atoms with van der Waals surface area (Å²) >= 11 is 0. The van der Waals surface area contributed by atoms with Crippen LogP contribution in [0.2, 0.25) is 0 Å². The second-order valence-electron chi connectivity index (χ2n) is 7.97. The van der Waals surface area contributed by atoms with Crippen LogP contribution in [-0.4, -0.2) is 51.0 Å². The van der Waals surface area contributed by atoms with Crippen LogP contribution in [0, 0.1) is 18.8 Å². The van der Waals surface area contributed by atoms with Gasteiger partial charge in [0.2, 0.25) is 0 Å². The molecule has 27 heavy (non-hydrogen) atoms. The normalized spacial score (nSPS) is 24.5. The summed E-state index contributed by atoms with van der Waals surface area (Å²) < 4.78 is 7.38. The quantitative estimate of drug-likeness (QED) is 0.893. The predicted molar refractivity (Wildman–Crippen MR) is 102 cm³/mol. The Balaban J connectivity index is 1.51. The minimum atomic E-state index is -0.0416. The fraction of sp³-hybridized carbons (Fsp3) is 0.550. The van der Waals surface area contributed by atoms with Gasteiger partial charge in [0, 0.05) is 19.1 Å². The van der Waals surface area contributed by atoms with Crippen LogP contribution in [0.15, 0.2) is 24.3 Å². The van der Waals surface area contributed by atoms with E-state index < -0.39 is 0 Å². The number of benzene rings is 1. The molecule has 1 aliphatic carbocycles. The number of nitrogens with zero attached hydrogens (tertiary/aromatic N) is 4. The van der Waals surface area contributed by atoms with Gasteiger partial charge in [-0.05, 0) is 69.7 Å². The summed E-state index contributed by atoms with van der Waals surface area (Å²) in [6.07, 6.45) is 2.32. The molecule has 1 saturated carbocycles. The highest BCUT2D eigenvalue weighted by Crippen LogP contribution is 2.37. The van der Waals surface area contributed by atoms with Crippen molar-refractivity contribution in [2.24, 2.45) is 17.6 Å². The standard InChI is InChI=1S/C20H27N5O2/c1-12(2)27-16-7-5-15(6-8-16)25-13(3)19(22-23-25)20(26)24-10-14-4-9-18(21)17(14)11-24/h5-8,12,14,17-18H,4,9-11,21H2,1-3H3. The maximum absolute atomic E-state index is 13.0. The number of rotatable bonds is 4. The third kappa shape index (κ3) is 3.32. The number of aromatic nitrogens is 3. The summed E-state index contributed by atoms with van der Waals surface area (Å²) in [4.78, 5) is 14.9. The van der Waals surface area contributed by atoms with E-state index in [1.54, 1.807) is 4.68 Å². The summed E-state index contributed by atoms with van der Waals surface area (Å²) in [5, 5.41) is 8.39. The van der Waals surface area contributed by atoms with Crippen molar-refractivity contribution in [3.63, 3.8) is 0 Å². The zero-order valence-electron chi connectivity index (χ0n) is 16.1. The van der Waals surface area contributed by atoms with Crippen molar-refractivity contribution >= 4 is 5.91 Å². The fourth-order valence-electron chi connectivity index (χ4n) is 4.33. The zero-order chi connectivity index (χ0) is 19.1. The van der Waals surface area contributed by atoms with E-state index in [-0.39, 0.29) is 18.1 Å². The Morgan fingerprint density at radius 1 is 1.22 bits per heavy atom. The number of nitrogens with two attached hydrogens (primary N) is 1. The lowest BCUT2D eigenvalue weighted by Crippen LogP contribution is -2.34. The molecular weight excluding hydrogens is 342 g/mol. The number of hydrogen-bond acceptors (Lipinski definition) is 5. The van der Waals surface area contributed by atoms with Crippen LogP contribution < -0.4 is 10.5 Å². The van der Waals surface area contributed by atoms with Gasteiger partial charge in [-0.1, -0.05) is 5.21 Å². The van der Waals surface area contributed by atoms with Gasteiger partial charge in [-0.25, -0.2) is 4.68 Å². The molecule has 1 aromatic carbocycles. The summed E-state index contributed by atoms with van der Waals surface area (Å²) in [6, 6.07) is 7.87. The first-order chi connectivity index (χ1) is 12.9. The van der Waals surface area contributed by atoms with Gasteiger partial charge >= 0.3 is 0 Å². The van der Waals surface area contributed by atoms with Crippen LogP contribution in [0.25, 0.3) is 5.69 Å². The van der Waals surface area contributed by atoms with Crippen molar-refractivity contribution in [2.45, 2.75) is 45.8 Å².